The lowest BCUT2D eigenvalue weighted by atomic mass is 10.1. The van der Waals surface area contributed by atoms with Crippen molar-refractivity contribution >= 4 is 5.97 Å². The van der Waals surface area contributed by atoms with E-state index in [1.54, 1.807) is 23.1 Å². The van der Waals surface area contributed by atoms with Gasteiger partial charge in [0.2, 0.25) is 0 Å². The van der Waals surface area contributed by atoms with Gasteiger partial charge >= 0.3 is 5.97 Å². The molecule has 21 heavy (non-hydrogen) atoms. The summed E-state index contributed by atoms with van der Waals surface area (Å²) in [6, 6.07) is 13.0. The maximum absolute atomic E-state index is 11.2. The lowest BCUT2D eigenvalue weighted by Crippen LogP contribution is -2.02. The van der Waals surface area contributed by atoms with Gasteiger partial charge in [0, 0.05) is 18.0 Å². The molecular formula is C16H13N3O2. The van der Waals surface area contributed by atoms with Gasteiger partial charge in [0.05, 0.1) is 11.4 Å². The largest absolute Gasteiger partial charge is 0.476 e. The molecular weight excluding hydrogens is 266 g/mol. The fraction of sp³-hybridized carbons (Fsp3) is 0.0625. The van der Waals surface area contributed by atoms with Crippen LogP contribution in [0.1, 0.15) is 16.1 Å². The number of carboxylic acid groups (broad SMARTS) is 1. The molecule has 0 saturated heterocycles. The lowest BCUT2D eigenvalue weighted by molar-refractivity contribution is 0.0690. The Morgan fingerprint density at radius 2 is 1.90 bits per heavy atom. The lowest BCUT2D eigenvalue weighted by Gasteiger charge is -2.08. The first-order chi connectivity index (χ1) is 10.1. The number of aromatic carboxylic acids is 1. The maximum atomic E-state index is 11.2. The second-order valence-corrected chi connectivity index (χ2v) is 4.71. The van der Waals surface area contributed by atoms with Crippen LogP contribution in [0.15, 0.2) is 54.9 Å². The SMILES string of the molecule is Cc1cccc(-n2nc(C(=O)O)cc2-c2ccncc2)c1. The summed E-state index contributed by atoms with van der Waals surface area (Å²) < 4.78 is 1.64. The minimum Gasteiger partial charge on any atom is -0.476 e. The molecule has 5 nitrogen and oxygen atoms in total. The van der Waals surface area contributed by atoms with Crippen molar-refractivity contribution in [2.75, 3.05) is 0 Å². The molecule has 0 unspecified atom stereocenters. The molecule has 0 bridgehead atoms. The minimum atomic E-state index is -1.04. The van der Waals surface area contributed by atoms with Gasteiger partial charge in [-0.05, 0) is 42.8 Å². The number of carbonyl (C=O) groups is 1. The summed E-state index contributed by atoms with van der Waals surface area (Å²) in [4.78, 5) is 15.2. The quantitative estimate of drug-likeness (QED) is 0.800. The summed E-state index contributed by atoms with van der Waals surface area (Å²) in [6.07, 6.45) is 3.34. The molecule has 3 rings (SSSR count). The molecule has 0 aliphatic carbocycles. The zero-order valence-electron chi connectivity index (χ0n) is 11.4. The van der Waals surface area contributed by atoms with Gasteiger partial charge < -0.3 is 5.11 Å². The number of aryl methyl sites for hydroxylation is 1. The second kappa shape index (κ2) is 5.20. The standard InChI is InChI=1S/C16H13N3O2/c1-11-3-2-4-13(9-11)19-15(10-14(18-19)16(20)21)12-5-7-17-8-6-12/h2-10H,1H3,(H,20,21). The Morgan fingerprint density at radius 1 is 1.14 bits per heavy atom. The fourth-order valence-electron chi connectivity index (χ4n) is 2.17. The molecule has 104 valence electrons. The van der Waals surface area contributed by atoms with Crippen LogP contribution in [0.2, 0.25) is 0 Å². The van der Waals surface area contributed by atoms with Crippen LogP contribution >= 0.6 is 0 Å². The van der Waals surface area contributed by atoms with Gasteiger partial charge in [-0.1, -0.05) is 12.1 Å². The summed E-state index contributed by atoms with van der Waals surface area (Å²) in [6.45, 7) is 1.98. The number of hydrogen-bond acceptors (Lipinski definition) is 3. The monoisotopic (exact) mass is 279 g/mol. The van der Waals surface area contributed by atoms with E-state index in [1.165, 1.54) is 0 Å². The van der Waals surface area contributed by atoms with Crippen LogP contribution in [-0.4, -0.2) is 25.8 Å². The average molecular weight is 279 g/mol. The minimum absolute atomic E-state index is 0.0170. The summed E-state index contributed by atoms with van der Waals surface area (Å²) in [5.41, 5.74) is 3.52. The summed E-state index contributed by atoms with van der Waals surface area (Å²) in [5, 5.41) is 13.4. The van der Waals surface area contributed by atoms with Gasteiger partial charge in [0.15, 0.2) is 5.69 Å². The van der Waals surface area contributed by atoms with E-state index < -0.39 is 5.97 Å². The highest BCUT2D eigenvalue weighted by atomic mass is 16.4. The Balaban J connectivity index is 2.21. The molecule has 0 spiro atoms. The third kappa shape index (κ3) is 2.53. The van der Waals surface area contributed by atoms with E-state index in [9.17, 15) is 9.90 Å². The molecule has 0 saturated carbocycles. The molecule has 0 fully saturated rings. The van der Waals surface area contributed by atoms with Gasteiger partial charge in [0.25, 0.3) is 0 Å². The third-order valence-corrected chi connectivity index (χ3v) is 3.15. The molecule has 0 aliphatic heterocycles. The number of hydrogen-bond donors (Lipinski definition) is 1. The molecule has 0 aliphatic rings. The third-order valence-electron chi connectivity index (χ3n) is 3.15. The first-order valence-electron chi connectivity index (χ1n) is 6.46. The highest BCUT2D eigenvalue weighted by molar-refractivity contribution is 5.87. The van der Waals surface area contributed by atoms with Crippen molar-refractivity contribution in [3.05, 3.63) is 66.1 Å². The van der Waals surface area contributed by atoms with Crippen molar-refractivity contribution in [1.29, 1.82) is 0 Å². The Labute approximate surface area is 121 Å². The highest BCUT2D eigenvalue weighted by Gasteiger charge is 2.15. The normalized spacial score (nSPS) is 10.5. The van der Waals surface area contributed by atoms with E-state index >= 15 is 0 Å². The number of nitrogens with zero attached hydrogens (tertiary/aromatic N) is 3. The smallest absolute Gasteiger partial charge is 0.356 e. The first kappa shape index (κ1) is 13.1. The van der Waals surface area contributed by atoms with Crippen LogP contribution in [0, 0.1) is 6.92 Å². The van der Waals surface area contributed by atoms with Crippen LogP contribution < -0.4 is 0 Å². The number of benzene rings is 1. The van der Waals surface area contributed by atoms with E-state index in [1.807, 2.05) is 43.3 Å². The van der Waals surface area contributed by atoms with Gasteiger partial charge in [-0.15, -0.1) is 0 Å². The van der Waals surface area contributed by atoms with Crippen LogP contribution in [0.4, 0.5) is 0 Å². The average Bonchev–Trinajstić information content (AvgIpc) is 2.93. The van der Waals surface area contributed by atoms with Crippen molar-refractivity contribution in [2.45, 2.75) is 6.92 Å². The predicted octanol–water partition coefficient (Wildman–Crippen LogP) is 2.94. The topological polar surface area (TPSA) is 68.0 Å². The number of rotatable bonds is 3. The second-order valence-electron chi connectivity index (χ2n) is 4.71. The molecule has 0 amide bonds. The van der Waals surface area contributed by atoms with Gasteiger partial charge in [-0.25, -0.2) is 9.48 Å². The Hall–Kier alpha value is -2.95. The van der Waals surface area contributed by atoms with Gasteiger partial charge in [-0.2, -0.15) is 5.10 Å². The maximum Gasteiger partial charge on any atom is 0.356 e. The predicted molar refractivity (Wildman–Crippen MR) is 78.5 cm³/mol. The van der Waals surface area contributed by atoms with E-state index in [2.05, 4.69) is 10.1 Å². The van der Waals surface area contributed by atoms with Crippen LogP contribution in [0.3, 0.4) is 0 Å². The zero-order valence-corrected chi connectivity index (χ0v) is 11.4. The van der Waals surface area contributed by atoms with Crippen LogP contribution in [-0.2, 0) is 0 Å². The van der Waals surface area contributed by atoms with Crippen molar-refractivity contribution < 1.29 is 9.90 Å². The van der Waals surface area contributed by atoms with E-state index in [4.69, 9.17) is 0 Å². The van der Waals surface area contributed by atoms with Gasteiger partial charge in [-0.3, -0.25) is 4.98 Å². The molecule has 1 aromatic carbocycles. The molecule has 3 aromatic rings. The van der Waals surface area contributed by atoms with Crippen LogP contribution in [0.5, 0.6) is 0 Å². The van der Waals surface area contributed by atoms with Gasteiger partial charge in [0.1, 0.15) is 0 Å². The molecule has 0 radical (unpaired) electrons. The molecule has 2 heterocycles. The Bertz CT molecular complexity index is 794. The highest BCUT2D eigenvalue weighted by Crippen LogP contribution is 2.24. The molecule has 5 heteroatoms. The Kier molecular flexibility index (Phi) is 3.23. The van der Waals surface area contributed by atoms with Crippen molar-refractivity contribution in [2.24, 2.45) is 0 Å². The number of carboxylic acids is 1. The number of pyridine rings is 1. The molecule has 0 atom stereocenters. The van der Waals surface area contributed by atoms with Crippen molar-refractivity contribution in [3.8, 4) is 16.9 Å². The van der Waals surface area contributed by atoms with Crippen molar-refractivity contribution in [3.63, 3.8) is 0 Å². The Morgan fingerprint density at radius 3 is 2.57 bits per heavy atom. The summed E-state index contributed by atoms with van der Waals surface area (Å²) in [7, 11) is 0. The number of aromatic nitrogens is 3. The first-order valence-corrected chi connectivity index (χ1v) is 6.46. The van der Waals surface area contributed by atoms with E-state index in [0.717, 1.165) is 22.5 Å². The molecule has 1 N–H and O–H groups in total. The summed E-state index contributed by atoms with van der Waals surface area (Å²) in [5.74, 6) is -1.04. The molecule has 2 aromatic heterocycles. The van der Waals surface area contributed by atoms with E-state index in [0.29, 0.717) is 0 Å². The van der Waals surface area contributed by atoms with Crippen LogP contribution in [0.25, 0.3) is 16.9 Å². The van der Waals surface area contributed by atoms with Crippen molar-refractivity contribution in [1.82, 2.24) is 14.8 Å². The zero-order chi connectivity index (χ0) is 14.8. The fourth-order valence-corrected chi connectivity index (χ4v) is 2.17. The van der Waals surface area contributed by atoms with E-state index in [-0.39, 0.29) is 5.69 Å². The summed E-state index contributed by atoms with van der Waals surface area (Å²) >= 11 is 0.